The van der Waals surface area contributed by atoms with Gasteiger partial charge in [-0.2, -0.15) is 0 Å². The van der Waals surface area contributed by atoms with Gasteiger partial charge in [-0.1, -0.05) is 23.8 Å². The molecule has 2 N–H and O–H groups in total. The van der Waals surface area contributed by atoms with Crippen molar-refractivity contribution in [3.05, 3.63) is 75.7 Å². The van der Waals surface area contributed by atoms with Crippen LogP contribution in [0.4, 0.5) is 10.7 Å². The second-order valence-electron chi connectivity index (χ2n) is 8.09. The van der Waals surface area contributed by atoms with Crippen molar-refractivity contribution in [2.75, 3.05) is 23.5 Å². The minimum Gasteiger partial charge on any atom is -0.465 e. The second-order valence-corrected chi connectivity index (χ2v) is 10.2. The van der Waals surface area contributed by atoms with E-state index >= 15 is 0 Å². The molecule has 1 aliphatic carbocycles. The highest BCUT2D eigenvalue weighted by Crippen LogP contribution is 2.38. The average molecular weight is 495 g/mol. The minimum atomic E-state index is -0.403. The molecule has 4 rings (SSSR count). The van der Waals surface area contributed by atoms with Crippen LogP contribution in [0.15, 0.2) is 53.4 Å². The molecule has 8 heteroatoms. The molecule has 0 atom stereocenters. The van der Waals surface area contributed by atoms with E-state index in [0.29, 0.717) is 21.8 Å². The molecule has 0 unspecified atom stereocenters. The molecule has 3 aromatic rings. The highest BCUT2D eigenvalue weighted by molar-refractivity contribution is 8.00. The first kappa shape index (κ1) is 24.0. The molecule has 1 aromatic heterocycles. The summed E-state index contributed by atoms with van der Waals surface area (Å²) in [5.74, 6) is -0.596. The fraction of sp³-hybridized carbons (Fsp3) is 0.269. The van der Waals surface area contributed by atoms with E-state index in [1.54, 1.807) is 6.07 Å². The number of hydrogen-bond donors (Lipinski definition) is 2. The van der Waals surface area contributed by atoms with Crippen molar-refractivity contribution in [3.8, 4) is 0 Å². The minimum absolute atomic E-state index is 0.179. The Balaban J connectivity index is 1.39. The average Bonchev–Trinajstić information content (AvgIpc) is 3.20. The molecule has 176 valence electrons. The molecule has 0 saturated carbocycles. The molecule has 2 amide bonds. The van der Waals surface area contributed by atoms with E-state index in [-0.39, 0.29) is 17.6 Å². The van der Waals surface area contributed by atoms with Gasteiger partial charge >= 0.3 is 5.97 Å². The third-order valence-corrected chi connectivity index (χ3v) is 7.76. The van der Waals surface area contributed by atoms with Crippen LogP contribution in [0.25, 0.3) is 0 Å². The van der Waals surface area contributed by atoms with Gasteiger partial charge in [0.1, 0.15) is 5.00 Å². The smallest absolute Gasteiger partial charge is 0.341 e. The van der Waals surface area contributed by atoms with Crippen LogP contribution in [-0.2, 0) is 22.4 Å². The summed E-state index contributed by atoms with van der Waals surface area (Å²) in [6.07, 6.45) is 3.89. The molecular weight excluding hydrogens is 468 g/mol. The Morgan fingerprint density at radius 2 is 1.82 bits per heavy atom. The number of carbonyl (C=O) groups excluding carboxylic acids is 3. The van der Waals surface area contributed by atoms with Crippen molar-refractivity contribution >= 4 is 51.6 Å². The van der Waals surface area contributed by atoms with Gasteiger partial charge in [-0.3, -0.25) is 9.59 Å². The quantitative estimate of drug-likeness (QED) is 0.325. The molecule has 34 heavy (non-hydrogen) atoms. The maximum Gasteiger partial charge on any atom is 0.341 e. The number of carbonyl (C=O) groups is 3. The van der Waals surface area contributed by atoms with E-state index in [2.05, 4.69) is 10.6 Å². The van der Waals surface area contributed by atoms with E-state index < -0.39 is 5.97 Å². The zero-order valence-electron chi connectivity index (χ0n) is 19.1. The van der Waals surface area contributed by atoms with Gasteiger partial charge in [0.2, 0.25) is 5.91 Å². The number of esters is 1. The van der Waals surface area contributed by atoms with Crippen molar-refractivity contribution in [2.45, 2.75) is 37.5 Å². The van der Waals surface area contributed by atoms with Gasteiger partial charge < -0.3 is 15.4 Å². The topological polar surface area (TPSA) is 84.5 Å². The standard InChI is InChI=1S/C26H26N2O4S2/c1-16-7-5-8-17(13-16)24(30)27-18-9-6-10-19(14-18)33-15-22(29)28-25-23(26(31)32-2)20-11-3-4-12-21(20)34-25/h5-10,13-14H,3-4,11-12,15H2,1-2H3,(H,27,30)(H,28,29). The Bertz CT molecular complexity index is 1240. The first-order valence-electron chi connectivity index (χ1n) is 11.1. The van der Waals surface area contributed by atoms with Crippen LogP contribution >= 0.6 is 23.1 Å². The zero-order valence-corrected chi connectivity index (χ0v) is 20.7. The molecule has 1 aliphatic rings. The molecular formula is C26H26N2O4S2. The van der Waals surface area contributed by atoms with Crippen molar-refractivity contribution < 1.29 is 19.1 Å². The molecule has 1 heterocycles. The molecule has 0 saturated heterocycles. The number of thioether (sulfide) groups is 1. The van der Waals surface area contributed by atoms with Gasteiger partial charge in [-0.05, 0) is 68.5 Å². The molecule has 0 bridgehead atoms. The van der Waals surface area contributed by atoms with Gasteiger partial charge in [-0.25, -0.2) is 4.79 Å². The number of aryl methyl sites for hydroxylation is 2. The summed E-state index contributed by atoms with van der Waals surface area (Å²) in [5.41, 5.74) is 3.79. The van der Waals surface area contributed by atoms with Crippen LogP contribution in [0.3, 0.4) is 0 Å². The van der Waals surface area contributed by atoms with Crippen molar-refractivity contribution in [1.29, 1.82) is 0 Å². The predicted octanol–water partition coefficient (Wildman–Crippen LogP) is 5.71. The molecule has 0 aliphatic heterocycles. The number of rotatable bonds is 7. The van der Waals surface area contributed by atoms with Gasteiger partial charge in [0, 0.05) is 21.0 Å². The molecule has 2 aromatic carbocycles. The van der Waals surface area contributed by atoms with Crippen LogP contribution in [0.1, 0.15) is 49.6 Å². The van der Waals surface area contributed by atoms with Gasteiger partial charge in [-0.15, -0.1) is 23.1 Å². The molecule has 0 radical (unpaired) electrons. The van der Waals surface area contributed by atoms with E-state index in [4.69, 9.17) is 4.74 Å². The lowest BCUT2D eigenvalue weighted by atomic mass is 9.95. The largest absolute Gasteiger partial charge is 0.465 e. The Morgan fingerprint density at radius 1 is 1.03 bits per heavy atom. The van der Waals surface area contributed by atoms with Gasteiger partial charge in [0.15, 0.2) is 0 Å². The number of methoxy groups -OCH3 is 1. The van der Waals surface area contributed by atoms with E-state index in [0.717, 1.165) is 46.6 Å². The monoisotopic (exact) mass is 494 g/mol. The number of benzene rings is 2. The zero-order chi connectivity index (χ0) is 24.1. The molecule has 0 fully saturated rings. The first-order valence-corrected chi connectivity index (χ1v) is 12.9. The second kappa shape index (κ2) is 10.9. The number of fused-ring (bicyclic) bond motifs is 1. The fourth-order valence-electron chi connectivity index (χ4n) is 3.94. The van der Waals surface area contributed by atoms with Crippen molar-refractivity contribution in [2.24, 2.45) is 0 Å². The Morgan fingerprint density at radius 3 is 2.62 bits per heavy atom. The number of amides is 2. The number of hydrogen-bond acceptors (Lipinski definition) is 6. The lowest BCUT2D eigenvalue weighted by Gasteiger charge is -2.11. The summed E-state index contributed by atoms with van der Waals surface area (Å²) in [7, 11) is 1.36. The Kier molecular flexibility index (Phi) is 7.70. The lowest BCUT2D eigenvalue weighted by Crippen LogP contribution is -2.16. The number of ether oxygens (including phenoxy) is 1. The summed E-state index contributed by atoms with van der Waals surface area (Å²) >= 11 is 2.84. The van der Waals surface area contributed by atoms with Crippen molar-refractivity contribution in [1.82, 2.24) is 0 Å². The van der Waals surface area contributed by atoms with Crippen LogP contribution < -0.4 is 10.6 Å². The van der Waals surface area contributed by atoms with E-state index in [1.807, 2.05) is 49.4 Å². The summed E-state index contributed by atoms with van der Waals surface area (Å²) < 4.78 is 4.97. The number of thiophene rings is 1. The number of anilines is 2. The van der Waals surface area contributed by atoms with Gasteiger partial charge in [0.05, 0.1) is 18.4 Å². The summed E-state index contributed by atoms with van der Waals surface area (Å²) in [6.45, 7) is 1.94. The van der Waals surface area contributed by atoms with Crippen LogP contribution in [-0.4, -0.2) is 30.6 Å². The SMILES string of the molecule is COC(=O)c1c(NC(=O)CSc2cccc(NC(=O)c3cccc(C)c3)c2)sc2c1CCCC2. The summed E-state index contributed by atoms with van der Waals surface area (Å²) in [5, 5.41) is 6.39. The summed E-state index contributed by atoms with van der Waals surface area (Å²) in [6, 6.07) is 14.8. The van der Waals surface area contributed by atoms with E-state index in [1.165, 1.54) is 30.2 Å². The van der Waals surface area contributed by atoms with Crippen LogP contribution in [0.2, 0.25) is 0 Å². The van der Waals surface area contributed by atoms with Crippen LogP contribution in [0.5, 0.6) is 0 Å². The third kappa shape index (κ3) is 5.69. The van der Waals surface area contributed by atoms with Crippen LogP contribution in [0, 0.1) is 6.92 Å². The normalized spacial score (nSPS) is 12.5. The Hall–Kier alpha value is -3.10. The number of nitrogens with one attached hydrogen (secondary N) is 2. The maximum absolute atomic E-state index is 12.7. The highest BCUT2D eigenvalue weighted by atomic mass is 32.2. The predicted molar refractivity (Wildman–Crippen MR) is 137 cm³/mol. The first-order chi connectivity index (χ1) is 16.4. The Labute approximate surface area is 207 Å². The van der Waals surface area contributed by atoms with Crippen molar-refractivity contribution in [3.63, 3.8) is 0 Å². The molecule has 6 nitrogen and oxygen atoms in total. The maximum atomic E-state index is 12.7. The molecule has 0 spiro atoms. The lowest BCUT2D eigenvalue weighted by molar-refractivity contribution is -0.113. The fourth-order valence-corrected chi connectivity index (χ4v) is 5.99. The third-order valence-electron chi connectivity index (χ3n) is 5.56. The summed E-state index contributed by atoms with van der Waals surface area (Å²) in [4.78, 5) is 39.6. The van der Waals surface area contributed by atoms with E-state index in [9.17, 15) is 14.4 Å². The van der Waals surface area contributed by atoms with Gasteiger partial charge in [0.25, 0.3) is 5.91 Å². The highest BCUT2D eigenvalue weighted by Gasteiger charge is 2.26.